The molecule has 5 nitrogen and oxygen atoms in total. The molecule has 6 heteroatoms. The number of ether oxygens (including phenoxy) is 1. The van der Waals surface area contributed by atoms with Crippen LogP contribution in [0.25, 0.3) is 10.9 Å². The van der Waals surface area contributed by atoms with Crippen molar-refractivity contribution in [2.75, 3.05) is 6.61 Å². The lowest BCUT2D eigenvalue weighted by Crippen LogP contribution is -2.41. The summed E-state index contributed by atoms with van der Waals surface area (Å²) in [7, 11) is -0.412. The van der Waals surface area contributed by atoms with E-state index in [-0.39, 0.29) is 23.7 Å². The lowest BCUT2D eigenvalue weighted by molar-refractivity contribution is -0.143. The van der Waals surface area contributed by atoms with Gasteiger partial charge in [-0.3, -0.25) is 4.79 Å². The average Bonchev–Trinajstić information content (AvgIpc) is 2.97. The van der Waals surface area contributed by atoms with E-state index in [0.717, 1.165) is 16.4 Å². The third-order valence-corrected chi connectivity index (χ3v) is 4.93. The lowest BCUT2D eigenvalue weighted by Gasteiger charge is -2.32. The highest BCUT2D eigenvalue weighted by atomic mass is 16.7. The molecule has 1 aromatic heterocycles. The predicted molar refractivity (Wildman–Crippen MR) is 94.3 cm³/mol. The summed E-state index contributed by atoms with van der Waals surface area (Å²) in [5.41, 5.74) is 1.17. The maximum atomic E-state index is 11.8. The molecule has 0 aliphatic carbocycles. The standard InChI is InChI=1S/C18H24BNO4/c1-6-22-16(21)12-20-10-9-13-7-8-14(11-15(13)20)19-23-17(2,3)18(4,5)24-19/h7-11H,6,12H2,1-5H3. The van der Waals surface area contributed by atoms with Crippen LogP contribution in [0.1, 0.15) is 34.6 Å². The molecule has 0 N–H and O–H groups in total. The summed E-state index contributed by atoms with van der Waals surface area (Å²) in [4.78, 5) is 11.8. The second-order valence-electron chi connectivity index (χ2n) is 7.16. The molecule has 1 fully saturated rings. The van der Waals surface area contributed by atoms with E-state index in [1.165, 1.54) is 0 Å². The first-order valence-electron chi connectivity index (χ1n) is 8.33. The van der Waals surface area contributed by atoms with E-state index in [0.29, 0.717) is 6.61 Å². The van der Waals surface area contributed by atoms with Crippen LogP contribution in [0.5, 0.6) is 0 Å². The maximum Gasteiger partial charge on any atom is 0.494 e. The van der Waals surface area contributed by atoms with E-state index in [4.69, 9.17) is 14.0 Å². The van der Waals surface area contributed by atoms with Gasteiger partial charge in [-0.1, -0.05) is 12.1 Å². The number of carbonyl (C=O) groups excluding carboxylic acids is 1. The predicted octanol–water partition coefficient (Wildman–Crippen LogP) is 2.50. The summed E-state index contributed by atoms with van der Waals surface area (Å²) in [6, 6.07) is 8.05. The summed E-state index contributed by atoms with van der Waals surface area (Å²) < 4.78 is 19.2. The SMILES string of the molecule is CCOC(=O)Cn1ccc2ccc(B3OC(C)(C)C(C)(C)O3)cc21. The van der Waals surface area contributed by atoms with Crippen molar-refractivity contribution < 1.29 is 18.8 Å². The van der Waals surface area contributed by atoms with Crippen molar-refractivity contribution in [2.24, 2.45) is 0 Å². The van der Waals surface area contributed by atoms with Crippen molar-refractivity contribution in [1.82, 2.24) is 4.57 Å². The van der Waals surface area contributed by atoms with E-state index in [1.54, 1.807) is 0 Å². The molecule has 0 spiro atoms. The Morgan fingerprint density at radius 2 is 1.83 bits per heavy atom. The fourth-order valence-corrected chi connectivity index (χ4v) is 2.81. The Morgan fingerprint density at radius 1 is 1.17 bits per heavy atom. The third-order valence-electron chi connectivity index (χ3n) is 4.93. The van der Waals surface area contributed by atoms with Gasteiger partial charge in [0.1, 0.15) is 6.54 Å². The number of hydrogen-bond donors (Lipinski definition) is 0. The van der Waals surface area contributed by atoms with E-state index in [2.05, 4.69) is 0 Å². The summed E-state index contributed by atoms with van der Waals surface area (Å²) in [6.45, 7) is 10.5. The van der Waals surface area contributed by atoms with Crippen LogP contribution in [-0.2, 0) is 25.4 Å². The monoisotopic (exact) mass is 329 g/mol. The minimum absolute atomic E-state index is 0.199. The van der Waals surface area contributed by atoms with Crippen molar-refractivity contribution in [3.8, 4) is 0 Å². The molecular weight excluding hydrogens is 305 g/mol. The molecule has 0 saturated carbocycles. The molecule has 2 heterocycles. The van der Waals surface area contributed by atoms with E-state index < -0.39 is 7.12 Å². The second kappa shape index (κ2) is 5.94. The van der Waals surface area contributed by atoms with Gasteiger partial charge in [-0.2, -0.15) is 0 Å². The molecular formula is C18H24BNO4. The first-order chi connectivity index (χ1) is 11.2. The Balaban J connectivity index is 1.90. The molecule has 1 aliphatic heterocycles. The summed E-state index contributed by atoms with van der Waals surface area (Å²) in [6.07, 6.45) is 1.90. The number of benzene rings is 1. The quantitative estimate of drug-likeness (QED) is 0.639. The first-order valence-corrected chi connectivity index (χ1v) is 8.33. The zero-order chi connectivity index (χ0) is 17.5. The van der Waals surface area contributed by atoms with Gasteiger partial charge in [0.2, 0.25) is 0 Å². The van der Waals surface area contributed by atoms with Gasteiger partial charge in [0, 0.05) is 11.7 Å². The van der Waals surface area contributed by atoms with Crippen molar-refractivity contribution in [3.63, 3.8) is 0 Å². The summed E-state index contributed by atoms with van der Waals surface area (Å²) >= 11 is 0. The molecule has 128 valence electrons. The molecule has 0 amide bonds. The molecule has 24 heavy (non-hydrogen) atoms. The third kappa shape index (κ3) is 2.96. The van der Waals surface area contributed by atoms with Gasteiger partial charge in [0.15, 0.2) is 0 Å². The largest absolute Gasteiger partial charge is 0.494 e. The molecule has 1 aromatic carbocycles. The Hall–Kier alpha value is -1.79. The normalized spacial score (nSPS) is 19.0. The highest BCUT2D eigenvalue weighted by Crippen LogP contribution is 2.36. The number of hydrogen-bond acceptors (Lipinski definition) is 4. The minimum atomic E-state index is -0.412. The van der Waals surface area contributed by atoms with Crippen LogP contribution in [0.3, 0.4) is 0 Å². The van der Waals surface area contributed by atoms with E-state index in [1.807, 2.05) is 69.6 Å². The Kier molecular flexibility index (Phi) is 4.22. The molecule has 1 aliphatic rings. The maximum absolute atomic E-state index is 11.8. The van der Waals surface area contributed by atoms with E-state index >= 15 is 0 Å². The molecule has 0 bridgehead atoms. The van der Waals surface area contributed by atoms with E-state index in [9.17, 15) is 4.79 Å². The molecule has 0 unspecified atom stereocenters. The van der Waals surface area contributed by atoms with Crippen molar-refractivity contribution in [2.45, 2.75) is 52.4 Å². The van der Waals surface area contributed by atoms with Crippen LogP contribution in [0.4, 0.5) is 0 Å². The second-order valence-corrected chi connectivity index (χ2v) is 7.16. The van der Waals surface area contributed by atoms with Gasteiger partial charge in [-0.05, 0) is 57.6 Å². The number of esters is 1. The smallest absolute Gasteiger partial charge is 0.465 e. The highest BCUT2D eigenvalue weighted by molar-refractivity contribution is 6.62. The van der Waals surface area contributed by atoms with Gasteiger partial charge < -0.3 is 18.6 Å². The Labute approximate surface area is 143 Å². The van der Waals surface area contributed by atoms with Crippen LogP contribution in [0.2, 0.25) is 0 Å². The zero-order valence-electron chi connectivity index (χ0n) is 15.0. The van der Waals surface area contributed by atoms with Crippen LogP contribution < -0.4 is 5.46 Å². The van der Waals surface area contributed by atoms with Crippen LogP contribution in [0.15, 0.2) is 30.5 Å². The number of aromatic nitrogens is 1. The van der Waals surface area contributed by atoms with Gasteiger partial charge in [-0.15, -0.1) is 0 Å². The molecule has 2 aromatic rings. The zero-order valence-corrected chi connectivity index (χ0v) is 15.0. The van der Waals surface area contributed by atoms with Gasteiger partial charge >= 0.3 is 13.1 Å². The van der Waals surface area contributed by atoms with Gasteiger partial charge in [-0.25, -0.2) is 0 Å². The fourth-order valence-electron chi connectivity index (χ4n) is 2.81. The van der Waals surface area contributed by atoms with Crippen LogP contribution >= 0.6 is 0 Å². The van der Waals surface area contributed by atoms with Gasteiger partial charge in [0.25, 0.3) is 0 Å². The molecule has 1 saturated heterocycles. The van der Waals surface area contributed by atoms with Crippen molar-refractivity contribution in [1.29, 1.82) is 0 Å². The van der Waals surface area contributed by atoms with Crippen molar-refractivity contribution >= 4 is 29.5 Å². The Morgan fingerprint density at radius 3 is 2.46 bits per heavy atom. The fraction of sp³-hybridized carbons (Fsp3) is 0.500. The molecule has 0 atom stereocenters. The summed E-state index contributed by atoms with van der Waals surface area (Å²) in [5.74, 6) is -0.240. The van der Waals surface area contributed by atoms with Gasteiger partial charge in [0.05, 0.1) is 17.8 Å². The Bertz CT molecular complexity index is 749. The highest BCUT2D eigenvalue weighted by Gasteiger charge is 2.51. The lowest BCUT2D eigenvalue weighted by atomic mass is 9.79. The topological polar surface area (TPSA) is 49.7 Å². The van der Waals surface area contributed by atoms with Crippen LogP contribution in [0, 0.1) is 0 Å². The van der Waals surface area contributed by atoms with Crippen LogP contribution in [-0.4, -0.2) is 35.5 Å². The summed E-state index contributed by atoms with van der Waals surface area (Å²) in [5, 5.41) is 1.07. The average molecular weight is 329 g/mol. The minimum Gasteiger partial charge on any atom is -0.465 e. The number of carbonyl (C=O) groups is 1. The number of rotatable bonds is 4. The first kappa shape index (κ1) is 17.1. The molecule has 3 rings (SSSR count). The molecule has 0 radical (unpaired) electrons. The number of nitrogens with zero attached hydrogens (tertiary/aromatic N) is 1. The number of fused-ring (bicyclic) bond motifs is 1. The van der Waals surface area contributed by atoms with Crippen molar-refractivity contribution in [3.05, 3.63) is 30.5 Å².